The predicted molar refractivity (Wildman–Crippen MR) is 107 cm³/mol. The lowest BCUT2D eigenvalue weighted by Gasteiger charge is -2.13. The lowest BCUT2D eigenvalue weighted by molar-refractivity contribution is -0.122. The lowest BCUT2D eigenvalue weighted by atomic mass is 10.1. The number of nitrogens with zero attached hydrogens (tertiary/aromatic N) is 1. The van der Waals surface area contributed by atoms with Gasteiger partial charge < -0.3 is 9.47 Å². The minimum absolute atomic E-state index is 0.244. The molecule has 0 radical (unpaired) electrons. The first-order valence-corrected chi connectivity index (χ1v) is 9.37. The molecule has 0 aliphatic carbocycles. The van der Waals surface area contributed by atoms with Crippen molar-refractivity contribution in [1.82, 2.24) is 4.90 Å². The summed E-state index contributed by atoms with van der Waals surface area (Å²) in [7, 11) is 3.17. The number of ether oxygens (including phenoxy) is 2. The molecule has 2 amide bonds. The maximum atomic E-state index is 12.7. The Labute approximate surface area is 163 Å². The summed E-state index contributed by atoms with van der Waals surface area (Å²) in [5.41, 5.74) is 2.68. The zero-order chi connectivity index (χ0) is 19.4. The van der Waals surface area contributed by atoms with Crippen molar-refractivity contribution in [2.24, 2.45) is 0 Å². The van der Waals surface area contributed by atoms with Gasteiger partial charge in [0.1, 0.15) is 11.5 Å². The van der Waals surface area contributed by atoms with Crippen molar-refractivity contribution in [3.05, 3.63) is 64.1 Å². The molecule has 1 aliphatic rings. The van der Waals surface area contributed by atoms with Gasteiger partial charge in [0.25, 0.3) is 11.1 Å². The van der Waals surface area contributed by atoms with E-state index in [2.05, 4.69) is 0 Å². The van der Waals surface area contributed by atoms with Crippen LogP contribution in [-0.4, -0.2) is 36.8 Å². The molecule has 0 N–H and O–H groups in total. The molecule has 3 rings (SSSR count). The Morgan fingerprint density at radius 2 is 1.78 bits per heavy atom. The molecule has 6 heteroatoms. The van der Waals surface area contributed by atoms with E-state index < -0.39 is 0 Å². The van der Waals surface area contributed by atoms with Crippen LogP contribution < -0.4 is 9.47 Å². The monoisotopic (exact) mass is 383 g/mol. The molecular weight excluding hydrogens is 362 g/mol. The number of carbonyl (C=O) groups is 2. The summed E-state index contributed by atoms with van der Waals surface area (Å²) in [6.45, 7) is 2.26. The third kappa shape index (κ3) is 4.01. The Bertz CT molecular complexity index is 893. The summed E-state index contributed by atoms with van der Waals surface area (Å²) in [5.74, 6) is 1.07. The molecule has 0 aromatic heterocycles. The second-order valence-electron chi connectivity index (χ2n) is 6.08. The van der Waals surface area contributed by atoms with Gasteiger partial charge in [0.15, 0.2) is 0 Å². The molecule has 5 nitrogen and oxygen atoms in total. The van der Waals surface area contributed by atoms with Gasteiger partial charge in [-0.1, -0.05) is 30.3 Å². The van der Waals surface area contributed by atoms with Crippen molar-refractivity contribution in [1.29, 1.82) is 0 Å². The largest absolute Gasteiger partial charge is 0.496 e. The number of imide groups is 1. The average molecular weight is 383 g/mol. The zero-order valence-electron chi connectivity index (χ0n) is 15.5. The number of hydrogen-bond donors (Lipinski definition) is 0. The molecule has 27 heavy (non-hydrogen) atoms. The molecule has 0 unspecified atom stereocenters. The standard InChI is InChI=1S/C21H21NO4S/c1-14-17(25-2)10-9-16(19(14)26-3)13-18-20(23)22(21(24)27-18)12-11-15-7-5-4-6-8-15/h4-10,13H,11-12H2,1-3H3/b18-13-. The van der Waals surface area contributed by atoms with E-state index in [-0.39, 0.29) is 11.1 Å². The van der Waals surface area contributed by atoms with Crippen molar-refractivity contribution < 1.29 is 19.1 Å². The van der Waals surface area contributed by atoms with Crippen LogP contribution in [0, 0.1) is 6.92 Å². The summed E-state index contributed by atoms with van der Waals surface area (Å²) in [4.78, 5) is 26.7. The van der Waals surface area contributed by atoms with E-state index in [9.17, 15) is 9.59 Å². The van der Waals surface area contributed by atoms with Gasteiger partial charge in [-0.05, 0) is 48.9 Å². The van der Waals surface area contributed by atoms with E-state index in [0.29, 0.717) is 29.4 Å². The van der Waals surface area contributed by atoms with Crippen molar-refractivity contribution in [2.45, 2.75) is 13.3 Å². The van der Waals surface area contributed by atoms with Gasteiger partial charge in [-0.2, -0.15) is 0 Å². The minimum Gasteiger partial charge on any atom is -0.496 e. The fourth-order valence-electron chi connectivity index (χ4n) is 3.02. The number of amides is 2. The first kappa shape index (κ1) is 19.0. The fourth-order valence-corrected chi connectivity index (χ4v) is 3.88. The van der Waals surface area contributed by atoms with Crippen LogP contribution >= 0.6 is 11.8 Å². The number of hydrogen-bond acceptors (Lipinski definition) is 5. The first-order valence-electron chi connectivity index (χ1n) is 8.56. The van der Waals surface area contributed by atoms with Gasteiger partial charge in [-0.25, -0.2) is 0 Å². The molecule has 1 fully saturated rings. The highest BCUT2D eigenvalue weighted by Crippen LogP contribution is 2.37. The Morgan fingerprint density at radius 3 is 2.44 bits per heavy atom. The van der Waals surface area contributed by atoms with E-state index in [1.54, 1.807) is 20.3 Å². The Kier molecular flexibility index (Phi) is 5.86. The third-order valence-electron chi connectivity index (χ3n) is 4.44. The molecular formula is C21H21NO4S. The molecule has 0 atom stereocenters. The Balaban J connectivity index is 1.81. The minimum atomic E-state index is -0.267. The molecule has 2 aromatic rings. The molecule has 1 heterocycles. The van der Waals surface area contributed by atoms with E-state index >= 15 is 0 Å². The molecule has 2 aromatic carbocycles. The number of methoxy groups -OCH3 is 2. The van der Waals surface area contributed by atoms with Gasteiger partial charge in [0.05, 0.1) is 19.1 Å². The highest BCUT2D eigenvalue weighted by molar-refractivity contribution is 8.18. The van der Waals surface area contributed by atoms with Crippen molar-refractivity contribution >= 4 is 29.0 Å². The van der Waals surface area contributed by atoms with Crippen molar-refractivity contribution in [3.63, 3.8) is 0 Å². The summed E-state index contributed by atoms with van der Waals surface area (Å²) >= 11 is 0.959. The van der Waals surface area contributed by atoms with Crippen LogP contribution in [0.2, 0.25) is 0 Å². The highest BCUT2D eigenvalue weighted by Gasteiger charge is 2.34. The fraction of sp³-hybridized carbons (Fsp3) is 0.238. The maximum absolute atomic E-state index is 12.7. The molecule has 1 saturated heterocycles. The van der Waals surface area contributed by atoms with Crippen LogP contribution in [0.15, 0.2) is 47.4 Å². The van der Waals surface area contributed by atoms with Crippen LogP contribution in [0.4, 0.5) is 4.79 Å². The van der Waals surface area contributed by atoms with Crippen LogP contribution in [-0.2, 0) is 11.2 Å². The summed E-state index contributed by atoms with van der Waals surface area (Å²) < 4.78 is 10.8. The molecule has 0 bridgehead atoms. The first-order chi connectivity index (χ1) is 13.0. The van der Waals surface area contributed by atoms with E-state index in [0.717, 1.165) is 28.5 Å². The van der Waals surface area contributed by atoms with Crippen molar-refractivity contribution in [3.8, 4) is 11.5 Å². The van der Waals surface area contributed by atoms with Crippen LogP contribution in [0.1, 0.15) is 16.7 Å². The van der Waals surface area contributed by atoms with Gasteiger partial charge in [0, 0.05) is 17.7 Å². The smallest absolute Gasteiger partial charge is 0.293 e. The number of thioether (sulfide) groups is 1. The SMILES string of the molecule is COc1ccc(/C=C2\SC(=O)N(CCc3ccccc3)C2=O)c(OC)c1C. The summed E-state index contributed by atoms with van der Waals surface area (Å²) in [6, 6.07) is 13.4. The summed E-state index contributed by atoms with van der Waals surface area (Å²) in [6.07, 6.45) is 2.34. The molecule has 140 valence electrons. The average Bonchev–Trinajstić information content (AvgIpc) is 2.94. The van der Waals surface area contributed by atoms with Gasteiger partial charge in [0.2, 0.25) is 0 Å². The van der Waals surface area contributed by atoms with E-state index in [4.69, 9.17) is 9.47 Å². The number of rotatable bonds is 6. The number of benzene rings is 2. The summed E-state index contributed by atoms with van der Waals surface area (Å²) in [5, 5.41) is -0.244. The third-order valence-corrected chi connectivity index (χ3v) is 5.35. The van der Waals surface area contributed by atoms with Gasteiger partial charge in [-0.15, -0.1) is 0 Å². The normalized spacial score (nSPS) is 15.5. The quantitative estimate of drug-likeness (QED) is 0.697. The Morgan fingerprint density at radius 1 is 1.04 bits per heavy atom. The van der Waals surface area contributed by atoms with Gasteiger partial charge in [-0.3, -0.25) is 14.5 Å². The Hall–Kier alpha value is -2.73. The topological polar surface area (TPSA) is 55.8 Å². The van der Waals surface area contributed by atoms with Crippen LogP contribution in [0.25, 0.3) is 6.08 Å². The second-order valence-corrected chi connectivity index (χ2v) is 7.08. The predicted octanol–water partition coefficient (Wildman–Crippen LogP) is 4.29. The van der Waals surface area contributed by atoms with Gasteiger partial charge >= 0.3 is 0 Å². The molecule has 0 spiro atoms. The van der Waals surface area contributed by atoms with Crippen LogP contribution in [0.5, 0.6) is 11.5 Å². The second kappa shape index (κ2) is 8.31. The van der Waals surface area contributed by atoms with E-state index in [1.165, 1.54) is 4.90 Å². The maximum Gasteiger partial charge on any atom is 0.293 e. The number of carbonyl (C=O) groups excluding carboxylic acids is 2. The zero-order valence-corrected chi connectivity index (χ0v) is 16.3. The van der Waals surface area contributed by atoms with Crippen LogP contribution in [0.3, 0.4) is 0 Å². The van der Waals surface area contributed by atoms with E-state index in [1.807, 2.05) is 49.4 Å². The molecule has 1 aliphatic heterocycles. The molecule has 0 saturated carbocycles. The lowest BCUT2D eigenvalue weighted by Crippen LogP contribution is -2.30. The highest BCUT2D eigenvalue weighted by atomic mass is 32.2. The van der Waals surface area contributed by atoms with Crippen molar-refractivity contribution in [2.75, 3.05) is 20.8 Å².